The zero-order chi connectivity index (χ0) is 76.9. The van der Waals surface area contributed by atoms with Crippen molar-refractivity contribution in [3.8, 4) is 0 Å². The Labute approximate surface area is 645 Å². The third kappa shape index (κ3) is 78.5. The van der Waals surface area contributed by atoms with Crippen LogP contribution in [0.2, 0.25) is 0 Å². The molecule has 17 nitrogen and oxygen atoms in total. The van der Waals surface area contributed by atoms with Crippen LogP contribution in [0.15, 0.2) is 0 Å². The molecule has 6 atom stereocenters. The van der Waals surface area contributed by atoms with Crippen LogP contribution in [0, 0.1) is 5.92 Å². The topological polar surface area (TPSA) is 237 Å². The fourth-order valence-corrected chi connectivity index (χ4v) is 15.0. The van der Waals surface area contributed by atoms with Crippen LogP contribution in [0.1, 0.15) is 465 Å². The first-order valence-electron chi connectivity index (χ1n) is 44.7. The molecule has 0 aromatic carbocycles. The van der Waals surface area contributed by atoms with E-state index in [1.807, 2.05) is 0 Å². The summed E-state index contributed by atoms with van der Waals surface area (Å²) >= 11 is 0. The van der Waals surface area contributed by atoms with E-state index in [0.717, 1.165) is 95.8 Å². The van der Waals surface area contributed by atoms with E-state index in [9.17, 15) is 43.2 Å². The van der Waals surface area contributed by atoms with E-state index >= 15 is 0 Å². The Morgan fingerprint density at radius 3 is 0.676 bits per heavy atom. The minimum absolute atomic E-state index is 0.109. The van der Waals surface area contributed by atoms with Gasteiger partial charge in [0.15, 0.2) is 12.2 Å². The second kappa shape index (κ2) is 78.7. The number of phosphoric acid groups is 2. The van der Waals surface area contributed by atoms with E-state index in [-0.39, 0.29) is 25.7 Å². The number of esters is 4. The van der Waals surface area contributed by atoms with Gasteiger partial charge in [-0.2, -0.15) is 0 Å². The average Bonchev–Trinajstić information content (AvgIpc) is 0.903. The molecule has 0 amide bonds. The third-order valence-corrected chi connectivity index (χ3v) is 22.5. The van der Waals surface area contributed by atoms with Crippen LogP contribution in [0.25, 0.3) is 0 Å². The van der Waals surface area contributed by atoms with E-state index in [4.69, 9.17) is 37.0 Å². The highest BCUT2D eigenvalue weighted by molar-refractivity contribution is 7.47. The van der Waals surface area contributed by atoms with Crippen LogP contribution in [0.5, 0.6) is 0 Å². The number of aliphatic hydroxyl groups is 1. The fraction of sp³-hybridized carbons (Fsp3) is 0.953. The first-order valence-corrected chi connectivity index (χ1v) is 47.7. The smallest absolute Gasteiger partial charge is 0.462 e. The molecule has 3 N–H and O–H groups in total. The van der Waals surface area contributed by atoms with Gasteiger partial charge >= 0.3 is 39.5 Å². The Morgan fingerprint density at radius 2 is 0.457 bits per heavy atom. The van der Waals surface area contributed by atoms with Crippen LogP contribution < -0.4 is 0 Å². The number of carbonyl (C=O) groups excluding carboxylic acids is 4. The summed E-state index contributed by atoms with van der Waals surface area (Å²) in [7, 11) is -9.93. The zero-order valence-electron chi connectivity index (χ0n) is 68.9. The Bertz CT molecular complexity index is 2000. The molecule has 0 radical (unpaired) electrons. The Hall–Kier alpha value is -1.94. The predicted octanol–water partition coefficient (Wildman–Crippen LogP) is 26.4. The molecule has 0 fully saturated rings. The number of unbranched alkanes of at least 4 members (excludes halogenated alkanes) is 57. The maximum Gasteiger partial charge on any atom is 0.472 e. The van der Waals surface area contributed by atoms with Crippen molar-refractivity contribution in [1.82, 2.24) is 0 Å². The van der Waals surface area contributed by atoms with Gasteiger partial charge in [0.2, 0.25) is 0 Å². The van der Waals surface area contributed by atoms with Gasteiger partial charge in [0.25, 0.3) is 0 Å². The lowest BCUT2D eigenvalue weighted by Gasteiger charge is -2.21. The summed E-state index contributed by atoms with van der Waals surface area (Å²) in [5, 5.41) is 10.7. The third-order valence-electron chi connectivity index (χ3n) is 20.6. The average molecular weight is 1540 g/mol. The van der Waals surface area contributed by atoms with Crippen molar-refractivity contribution >= 4 is 39.5 Å². The van der Waals surface area contributed by atoms with Gasteiger partial charge in [-0.05, 0) is 31.6 Å². The van der Waals surface area contributed by atoms with Gasteiger partial charge < -0.3 is 33.8 Å². The molecule has 624 valence electrons. The maximum atomic E-state index is 13.1. The van der Waals surface area contributed by atoms with E-state index < -0.39 is 97.5 Å². The molecular weight excluding hydrogens is 1370 g/mol. The Balaban J connectivity index is 5.24. The summed E-state index contributed by atoms with van der Waals surface area (Å²) in [6.45, 7) is 7.44. The fourth-order valence-electron chi connectivity index (χ4n) is 13.4. The molecule has 0 aliphatic carbocycles. The number of ether oxygens (including phenoxy) is 4. The molecule has 105 heavy (non-hydrogen) atoms. The highest BCUT2D eigenvalue weighted by Crippen LogP contribution is 2.45. The van der Waals surface area contributed by atoms with Gasteiger partial charge in [0.1, 0.15) is 19.3 Å². The van der Waals surface area contributed by atoms with Crippen molar-refractivity contribution in [2.75, 3.05) is 39.6 Å². The van der Waals surface area contributed by atoms with Gasteiger partial charge in [0, 0.05) is 25.7 Å². The lowest BCUT2D eigenvalue weighted by molar-refractivity contribution is -0.161. The number of rotatable bonds is 86. The van der Waals surface area contributed by atoms with Crippen LogP contribution >= 0.6 is 15.6 Å². The number of hydrogen-bond donors (Lipinski definition) is 3. The summed E-state index contributed by atoms with van der Waals surface area (Å²) in [6, 6.07) is 0. The zero-order valence-corrected chi connectivity index (χ0v) is 70.7. The second-order valence-electron chi connectivity index (χ2n) is 31.2. The normalized spacial score (nSPS) is 14.0. The molecule has 0 heterocycles. The van der Waals surface area contributed by atoms with Crippen LogP contribution in [-0.4, -0.2) is 96.7 Å². The van der Waals surface area contributed by atoms with Gasteiger partial charge in [-0.3, -0.25) is 37.3 Å². The Morgan fingerprint density at radius 1 is 0.267 bits per heavy atom. The van der Waals surface area contributed by atoms with Crippen LogP contribution in [0.3, 0.4) is 0 Å². The van der Waals surface area contributed by atoms with Crippen LogP contribution in [0.4, 0.5) is 0 Å². The van der Waals surface area contributed by atoms with E-state index in [1.54, 1.807) is 0 Å². The molecule has 0 aromatic rings. The molecule has 19 heteroatoms. The molecule has 0 aliphatic rings. The second-order valence-corrected chi connectivity index (χ2v) is 34.1. The minimum Gasteiger partial charge on any atom is -0.462 e. The van der Waals surface area contributed by atoms with Crippen molar-refractivity contribution in [1.29, 1.82) is 0 Å². The van der Waals surface area contributed by atoms with Crippen molar-refractivity contribution in [2.24, 2.45) is 5.92 Å². The molecule has 0 spiro atoms. The molecule has 0 aromatic heterocycles. The molecule has 0 aliphatic heterocycles. The molecule has 3 unspecified atom stereocenters. The molecule has 0 saturated carbocycles. The largest absolute Gasteiger partial charge is 0.472 e. The van der Waals surface area contributed by atoms with E-state index in [1.165, 1.54) is 289 Å². The number of hydrogen-bond acceptors (Lipinski definition) is 15. The highest BCUT2D eigenvalue weighted by atomic mass is 31.2. The van der Waals surface area contributed by atoms with Gasteiger partial charge in [0.05, 0.1) is 26.4 Å². The molecule has 0 saturated heterocycles. The lowest BCUT2D eigenvalue weighted by atomic mass is 9.99. The summed E-state index contributed by atoms with van der Waals surface area (Å²) in [5.74, 6) is -1.23. The maximum absolute atomic E-state index is 13.1. The monoisotopic (exact) mass is 1540 g/mol. The first kappa shape index (κ1) is 103. The van der Waals surface area contributed by atoms with E-state index in [0.29, 0.717) is 25.7 Å². The standard InChI is InChI=1S/C86H168O17P2/c1-6-10-13-16-19-22-25-28-30-36-41-45-50-55-60-65-70-84(89)97-76-82(103-86(91)72-67-62-57-52-47-42-37-34-32-31-33-35-39-43-48-53-58-63-68-79(5)9-4)78-101-105(94,95)99-74-80(87)73-98-104(92,93)100-77-81(75-96-83(88)69-64-59-54-49-44-38-27-24-21-18-15-12-8-3)102-85(90)71-66-61-56-51-46-40-29-26-23-20-17-14-11-7-2/h79-82,87H,6-78H2,1-5H3,(H,92,93)(H,94,95)/t79?,80-,81+,82+/m0/s1. The van der Waals surface area contributed by atoms with Crippen molar-refractivity contribution in [3.05, 3.63) is 0 Å². The summed E-state index contributed by atoms with van der Waals surface area (Å²) in [5.41, 5.74) is 0. The van der Waals surface area contributed by atoms with Gasteiger partial charge in [-0.25, -0.2) is 9.13 Å². The molecule has 0 bridgehead atoms. The SMILES string of the molecule is CCCCCCCCCCCCCCCCCCC(=O)OC[C@H](COP(=O)(O)OC[C@@H](O)COP(=O)(O)OC[C@@H](COC(=O)CCCCCCCCCCCCCCC)OC(=O)CCCCCCCCCCCCCCCC)OC(=O)CCCCCCCCCCCCCCCCCCCCC(C)CC. The summed E-state index contributed by atoms with van der Waals surface area (Å²) < 4.78 is 68.9. The summed E-state index contributed by atoms with van der Waals surface area (Å²) in [4.78, 5) is 73.2. The highest BCUT2D eigenvalue weighted by Gasteiger charge is 2.30. The predicted molar refractivity (Wildman–Crippen MR) is 432 cm³/mol. The quantitative estimate of drug-likeness (QED) is 0.0222. The van der Waals surface area contributed by atoms with Gasteiger partial charge in [-0.1, -0.05) is 413 Å². The number of aliphatic hydroxyl groups excluding tert-OH is 1. The van der Waals surface area contributed by atoms with Crippen molar-refractivity contribution in [2.45, 2.75) is 483 Å². The first-order chi connectivity index (χ1) is 51.1. The lowest BCUT2D eigenvalue weighted by Crippen LogP contribution is -2.30. The summed E-state index contributed by atoms with van der Waals surface area (Å²) in [6.07, 6.45) is 72.0. The van der Waals surface area contributed by atoms with E-state index in [2.05, 4.69) is 34.6 Å². The van der Waals surface area contributed by atoms with Crippen molar-refractivity contribution < 1.29 is 80.2 Å². The molecular formula is C86H168O17P2. The minimum atomic E-state index is -4.97. The Kier molecular flexibility index (Phi) is 77.3. The number of phosphoric ester groups is 2. The van der Waals surface area contributed by atoms with Crippen molar-refractivity contribution in [3.63, 3.8) is 0 Å². The van der Waals surface area contributed by atoms with Crippen LogP contribution in [-0.2, 0) is 65.4 Å². The number of carbonyl (C=O) groups is 4. The van der Waals surface area contributed by atoms with Gasteiger partial charge in [-0.15, -0.1) is 0 Å². The molecule has 0 rings (SSSR count).